The zero-order valence-corrected chi connectivity index (χ0v) is 15.7. The molecule has 0 unspecified atom stereocenters. The molecule has 0 aliphatic heterocycles. The summed E-state index contributed by atoms with van der Waals surface area (Å²) in [5, 5.41) is 2.79. The Morgan fingerprint density at radius 3 is 2.14 bits per heavy atom. The SMILES string of the molecule is COc1ccccc1O[C@@H](C)C(=O)Nc1ccccc1C(=O)c1ccccc1. The second-order valence-corrected chi connectivity index (χ2v) is 6.14. The van der Waals surface area contributed by atoms with Gasteiger partial charge in [0.15, 0.2) is 23.4 Å². The van der Waals surface area contributed by atoms with Crippen molar-refractivity contribution in [3.8, 4) is 11.5 Å². The summed E-state index contributed by atoms with van der Waals surface area (Å²) in [6.45, 7) is 1.64. The lowest BCUT2D eigenvalue weighted by Crippen LogP contribution is -2.30. The van der Waals surface area contributed by atoms with Crippen molar-refractivity contribution in [3.05, 3.63) is 90.0 Å². The molecule has 0 fully saturated rings. The van der Waals surface area contributed by atoms with E-state index in [4.69, 9.17) is 9.47 Å². The van der Waals surface area contributed by atoms with Gasteiger partial charge in [-0.25, -0.2) is 0 Å². The van der Waals surface area contributed by atoms with Crippen molar-refractivity contribution in [2.45, 2.75) is 13.0 Å². The van der Waals surface area contributed by atoms with Crippen molar-refractivity contribution >= 4 is 17.4 Å². The number of rotatable bonds is 7. The summed E-state index contributed by atoms with van der Waals surface area (Å²) in [5.41, 5.74) is 1.42. The number of hydrogen-bond acceptors (Lipinski definition) is 4. The highest BCUT2D eigenvalue weighted by Crippen LogP contribution is 2.27. The van der Waals surface area contributed by atoms with Gasteiger partial charge in [-0.05, 0) is 31.2 Å². The number of carbonyl (C=O) groups is 2. The molecule has 5 nitrogen and oxygen atoms in total. The molecule has 0 aromatic heterocycles. The van der Waals surface area contributed by atoms with Crippen LogP contribution >= 0.6 is 0 Å². The minimum Gasteiger partial charge on any atom is -0.493 e. The number of anilines is 1. The summed E-state index contributed by atoms with van der Waals surface area (Å²) in [4.78, 5) is 25.4. The van der Waals surface area contributed by atoms with Gasteiger partial charge in [0.2, 0.25) is 0 Å². The van der Waals surface area contributed by atoms with E-state index >= 15 is 0 Å². The van der Waals surface area contributed by atoms with E-state index in [0.29, 0.717) is 28.3 Å². The van der Waals surface area contributed by atoms with E-state index in [1.165, 1.54) is 0 Å². The number of para-hydroxylation sites is 3. The van der Waals surface area contributed by atoms with Gasteiger partial charge in [0.25, 0.3) is 5.91 Å². The molecule has 1 amide bonds. The molecule has 3 aromatic carbocycles. The number of nitrogens with one attached hydrogen (secondary N) is 1. The monoisotopic (exact) mass is 375 g/mol. The smallest absolute Gasteiger partial charge is 0.265 e. The minimum atomic E-state index is -0.781. The number of benzene rings is 3. The Bertz CT molecular complexity index is 969. The van der Waals surface area contributed by atoms with Crippen molar-refractivity contribution < 1.29 is 19.1 Å². The number of amides is 1. The first-order valence-electron chi connectivity index (χ1n) is 8.89. The molecular weight excluding hydrogens is 354 g/mol. The molecular formula is C23H21NO4. The van der Waals surface area contributed by atoms with Gasteiger partial charge in [-0.15, -0.1) is 0 Å². The molecule has 0 saturated carbocycles. The average molecular weight is 375 g/mol. The van der Waals surface area contributed by atoms with Gasteiger partial charge in [0, 0.05) is 11.1 Å². The molecule has 142 valence electrons. The number of carbonyl (C=O) groups excluding carboxylic acids is 2. The van der Waals surface area contributed by atoms with Crippen molar-refractivity contribution in [3.63, 3.8) is 0 Å². The quantitative estimate of drug-likeness (QED) is 0.624. The summed E-state index contributed by atoms with van der Waals surface area (Å²) in [7, 11) is 1.54. The van der Waals surface area contributed by atoms with Crippen LogP contribution in [0.1, 0.15) is 22.8 Å². The highest BCUT2D eigenvalue weighted by molar-refractivity contribution is 6.14. The van der Waals surface area contributed by atoms with Gasteiger partial charge in [-0.3, -0.25) is 9.59 Å². The Morgan fingerprint density at radius 2 is 1.43 bits per heavy atom. The normalized spacial score (nSPS) is 11.4. The molecule has 0 heterocycles. The Labute approximate surface area is 163 Å². The van der Waals surface area contributed by atoms with E-state index in [-0.39, 0.29) is 11.7 Å². The second kappa shape index (κ2) is 8.86. The molecule has 3 aromatic rings. The van der Waals surface area contributed by atoms with Crippen LogP contribution < -0.4 is 14.8 Å². The molecule has 0 spiro atoms. The van der Waals surface area contributed by atoms with Crippen molar-refractivity contribution in [1.29, 1.82) is 0 Å². The Balaban J connectivity index is 1.76. The minimum absolute atomic E-state index is 0.158. The summed E-state index contributed by atoms with van der Waals surface area (Å²) in [6.07, 6.45) is -0.781. The third-order valence-corrected chi connectivity index (χ3v) is 4.21. The lowest BCUT2D eigenvalue weighted by molar-refractivity contribution is -0.122. The van der Waals surface area contributed by atoms with Crippen LogP contribution in [0, 0.1) is 0 Å². The number of hydrogen-bond donors (Lipinski definition) is 1. The van der Waals surface area contributed by atoms with Crippen LogP contribution in [0.25, 0.3) is 0 Å². The van der Waals surface area contributed by atoms with Crippen LogP contribution in [-0.4, -0.2) is 24.9 Å². The maximum absolute atomic E-state index is 12.8. The molecule has 0 aliphatic rings. The van der Waals surface area contributed by atoms with E-state index in [9.17, 15) is 9.59 Å². The van der Waals surface area contributed by atoms with Crippen molar-refractivity contribution in [2.75, 3.05) is 12.4 Å². The van der Waals surface area contributed by atoms with Gasteiger partial charge in [0.05, 0.1) is 12.8 Å². The maximum Gasteiger partial charge on any atom is 0.265 e. The van der Waals surface area contributed by atoms with Crippen molar-refractivity contribution in [2.24, 2.45) is 0 Å². The van der Waals surface area contributed by atoms with E-state index < -0.39 is 6.10 Å². The largest absolute Gasteiger partial charge is 0.493 e. The Hall–Kier alpha value is -3.60. The number of methoxy groups -OCH3 is 1. The Kier molecular flexibility index (Phi) is 6.07. The highest BCUT2D eigenvalue weighted by Gasteiger charge is 2.20. The fourth-order valence-electron chi connectivity index (χ4n) is 2.73. The predicted octanol–water partition coefficient (Wildman–Crippen LogP) is 4.33. The number of ether oxygens (including phenoxy) is 2. The molecule has 5 heteroatoms. The van der Waals surface area contributed by atoms with E-state index in [1.54, 1.807) is 80.8 Å². The lowest BCUT2D eigenvalue weighted by Gasteiger charge is -2.17. The summed E-state index contributed by atoms with van der Waals surface area (Å²) >= 11 is 0. The first-order valence-corrected chi connectivity index (χ1v) is 8.89. The fraction of sp³-hybridized carbons (Fsp3) is 0.130. The van der Waals surface area contributed by atoms with Crippen LogP contribution in [0.3, 0.4) is 0 Å². The van der Waals surface area contributed by atoms with E-state index in [1.807, 2.05) is 12.1 Å². The molecule has 3 rings (SSSR count). The molecule has 0 aliphatic carbocycles. The van der Waals surface area contributed by atoms with Gasteiger partial charge < -0.3 is 14.8 Å². The maximum atomic E-state index is 12.8. The van der Waals surface area contributed by atoms with E-state index in [2.05, 4.69) is 5.32 Å². The van der Waals surface area contributed by atoms with Gasteiger partial charge in [-0.1, -0.05) is 54.6 Å². The molecule has 0 bridgehead atoms. The van der Waals surface area contributed by atoms with Crippen LogP contribution in [0.4, 0.5) is 5.69 Å². The van der Waals surface area contributed by atoms with Crippen molar-refractivity contribution in [1.82, 2.24) is 0 Å². The summed E-state index contributed by atoms with van der Waals surface area (Å²) < 4.78 is 11.0. The molecule has 1 N–H and O–H groups in total. The topological polar surface area (TPSA) is 64.6 Å². The van der Waals surface area contributed by atoms with Crippen LogP contribution in [0.15, 0.2) is 78.9 Å². The summed E-state index contributed by atoms with van der Waals surface area (Å²) in [6, 6.07) is 23.0. The fourth-order valence-corrected chi connectivity index (χ4v) is 2.73. The lowest BCUT2D eigenvalue weighted by atomic mass is 10.0. The van der Waals surface area contributed by atoms with E-state index in [0.717, 1.165) is 0 Å². The number of ketones is 1. The first kappa shape index (κ1) is 19.2. The molecule has 0 radical (unpaired) electrons. The predicted molar refractivity (Wildman–Crippen MR) is 108 cm³/mol. The van der Waals surface area contributed by atoms with Gasteiger partial charge >= 0.3 is 0 Å². The summed E-state index contributed by atoms with van der Waals surface area (Å²) in [5.74, 6) is 0.497. The Morgan fingerprint density at radius 1 is 0.821 bits per heavy atom. The zero-order chi connectivity index (χ0) is 19.9. The van der Waals surface area contributed by atoms with Crippen LogP contribution in [0.5, 0.6) is 11.5 Å². The third kappa shape index (κ3) is 4.38. The second-order valence-electron chi connectivity index (χ2n) is 6.14. The standard InChI is InChI=1S/C23H21NO4/c1-16(28-21-15-9-8-14-20(21)27-2)23(26)24-19-13-7-6-12-18(19)22(25)17-10-4-3-5-11-17/h3-16H,1-2H3,(H,24,26)/t16-/m0/s1. The molecule has 1 atom stereocenters. The molecule has 28 heavy (non-hydrogen) atoms. The molecule has 0 saturated heterocycles. The first-order chi connectivity index (χ1) is 13.6. The van der Waals surface area contributed by atoms with Gasteiger partial charge in [0.1, 0.15) is 0 Å². The zero-order valence-electron chi connectivity index (χ0n) is 15.7. The third-order valence-electron chi connectivity index (χ3n) is 4.21. The van der Waals surface area contributed by atoms with Crippen LogP contribution in [0.2, 0.25) is 0 Å². The van der Waals surface area contributed by atoms with Crippen LogP contribution in [-0.2, 0) is 4.79 Å². The highest BCUT2D eigenvalue weighted by atomic mass is 16.5. The average Bonchev–Trinajstić information content (AvgIpc) is 2.74. The van der Waals surface area contributed by atoms with Gasteiger partial charge in [-0.2, -0.15) is 0 Å².